The maximum Gasteiger partial charge on any atom is 0.141 e. The Balaban J connectivity index is 1.59. The maximum absolute atomic E-state index is 10.4. The third kappa shape index (κ3) is 7.09. The second-order valence-corrected chi connectivity index (χ2v) is 11.3. The molecule has 4 aromatic rings. The molecular weight excluding hydrogens is 510 g/mol. The molecule has 1 aliphatic carbocycles. The minimum atomic E-state index is 0.145. The number of aromatic hydroxyl groups is 1. The van der Waals surface area contributed by atoms with Crippen molar-refractivity contribution in [1.29, 1.82) is 0 Å². The Morgan fingerprint density at radius 3 is 2.41 bits per heavy atom. The number of aromatic nitrogens is 3. The van der Waals surface area contributed by atoms with Crippen molar-refractivity contribution in [2.24, 2.45) is 5.92 Å². The summed E-state index contributed by atoms with van der Waals surface area (Å²) in [5.41, 5.74) is 11.8. The number of phenols is 1. The molecule has 2 heterocycles. The van der Waals surface area contributed by atoms with Crippen LogP contribution in [-0.4, -0.2) is 38.2 Å². The smallest absolute Gasteiger partial charge is 0.141 e. The Hall–Kier alpha value is -3.84. The van der Waals surface area contributed by atoms with Crippen molar-refractivity contribution in [2.75, 3.05) is 19.4 Å². The Kier molecular flexibility index (Phi) is 9.57. The van der Waals surface area contributed by atoms with Crippen LogP contribution in [0.1, 0.15) is 63.1 Å². The van der Waals surface area contributed by atoms with Gasteiger partial charge in [0.15, 0.2) is 0 Å². The zero-order valence-corrected chi connectivity index (χ0v) is 24.4. The first-order valence-electron chi connectivity index (χ1n) is 15.0. The number of imidazole rings is 1. The summed E-state index contributed by atoms with van der Waals surface area (Å²) in [5.74, 6) is 2.62. The van der Waals surface area contributed by atoms with Crippen molar-refractivity contribution in [2.45, 2.75) is 71.5 Å². The summed E-state index contributed by atoms with van der Waals surface area (Å²) in [7, 11) is 1.69. The van der Waals surface area contributed by atoms with Crippen LogP contribution in [0.15, 0.2) is 67.0 Å². The Morgan fingerprint density at radius 2 is 1.73 bits per heavy atom. The third-order valence-corrected chi connectivity index (χ3v) is 8.23. The highest BCUT2D eigenvalue weighted by atomic mass is 16.5. The van der Waals surface area contributed by atoms with Gasteiger partial charge in [-0.2, -0.15) is 0 Å². The Morgan fingerprint density at radius 1 is 0.976 bits per heavy atom. The van der Waals surface area contributed by atoms with E-state index < -0.39 is 0 Å². The Bertz CT molecular complexity index is 1390. The summed E-state index contributed by atoms with van der Waals surface area (Å²) in [5, 5.41) is 10.4. The van der Waals surface area contributed by atoms with Crippen LogP contribution in [0.4, 0.5) is 5.69 Å². The molecule has 1 saturated carbocycles. The molecular formula is C34H43N5O2. The van der Waals surface area contributed by atoms with E-state index in [-0.39, 0.29) is 5.75 Å². The van der Waals surface area contributed by atoms with Gasteiger partial charge in [-0.15, -0.1) is 0 Å². The number of rotatable bonds is 12. The van der Waals surface area contributed by atoms with E-state index >= 15 is 0 Å². The minimum Gasteiger partial charge on any atom is -0.506 e. The van der Waals surface area contributed by atoms with Gasteiger partial charge in [0.2, 0.25) is 0 Å². The normalized spacial score (nSPS) is 14.0. The van der Waals surface area contributed by atoms with Gasteiger partial charge in [0.05, 0.1) is 24.2 Å². The van der Waals surface area contributed by atoms with E-state index in [4.69, 9.17) is 15.5 Å². The molecule has 7 heteroatoms. The van der Waals surface area contributed by atoms with Crippen LogP contribution < -0.4 is 10.5 Å². The lowest BCUT2D eigenvalue weighted by Gasteiger charge is -2.30. The van der Waals surface area contributed by atoms with E-state index in [2.05, 4.69) is 33.5 Å². The number of hydrogen-bond donors (Lipinski definition) is 2. The van der Waals surface area contributed by atoms with Crippen molar-refractivity contribution >= 4 is 5.69 Å². The lowest BCUT2D eigenvalue weighted by molar-refractivity contribution is 0.183. The van der Waals surface area contributed by atoms with Crippen molar-refractivity contribution in [3.05, 3.63) is 78.2 Å². The number of benzene rings is 2. The van der Waals surface area contributed by atoms with Gasteiger partial charge < -0.3 is 20.1 Å². The standard InChI is InChI=1S/C34H43N5O2/c1-3-4-20-39-31(24-38(22-25-8-6-5-7-9-25)23-26-10-15-30(35)32(40)21-26)33(27-11-13-29(41-2)14-12-27)37-34(39)28-16-18-36-19-17-28/h10-19,21,25,40H,3-9,20,22-24,35H2,1-2H3. The molecule has 2 aromatic carbocycles. The third-order valence-electron chi connectivity index (χ3n) is 8.23. The molecule has 1 aliphatic rings. The molecule has 7 nitrogen and oxygen atoms in total. The summed E-state index contributed by atoms with van der Waals surface area (Å²) >= 11 is 0. The highest BCUT2D eigenvalue weighted by molar-refractivity contribution is 5.68. The molecule has 0 radical (unpaired) electrons. The molecule has 0 unspecified atom stereocenters. The zero-order chi connectivity index (χ0) is 28.6. The van der Waals surface area contributed by atoms with E-state index in [1.165, 1.54) is 37.8 Å². The lowest BCUT2D eigenvalue weighted by atomic mass is 9.89. The summed E-state index contributed by atoms with van der Waals surface area (Å²) in [6.45, 7) is 5.63. The number of anilines is 1. The van der Waals surface area contributed by atoms with Crippen molar-refractivity contribution in [3.63, 3.8) is 0 Å². The summed E-state index contributed by atoms with van der Waals surface area (Å²) in [6, 6.07) is 18.0. The van der Waals surface area contributed by atoms with Crippen LogP contribution in [0.3, 0.4) is 0 Å². The predicted octanol–water partition coefficient (Wildman–Crippen LogP) is 7.29. The van der Waals surface area contributed by atoms with Crippen LogP contribution in [0, 0.1) is 5.92 Å². The van der Waals surface area contributed by atoms with Gasteiger partial charge in [-0.1, -0.05) is 38.7 Å². The number of nitrogen functional groups attached to an aromatic ring is 1. The first-order chi connectivity index (χ1) is 20.1. The molecule has 0 bridgehead atoms. The molecule has 0 saturated heterocycles. The topological polar surface area (TPSA) is 89.4 Å². The second kappa shape index (κ2) is 13.7. The molecule has 1 fully saturated rings. The lowest BCUT2D eigenvalue weighted by Crippen LogP contribution is -2.31. The average molecular weight is 554 g/mol. The Labute approximate surface area is 244 Å². The van der Waals surface area contributed by atoms with Crippen LogP contribution in [0.5, 0.6) is 11.5 Å². The van der Waals surface area contributed by atoms with Gasteiger partial charge in [-0.25, -0.2) is 4.98 Å². The fraction of sp³-hybridized carbons (Fsp3) is 0.412. The van der Waals surface area contributed by atoms with Crippen molar-refractivity contribution in [3.8, 4) is 34.1 Å². The number of nitrogens with two attached hydrogens (primary N) is 1. The monoisotopic (exact) mass is 553 g/mol. The van der Waals surface area contributed by atoms with Crippen LogP contribution >= 0.6 is 0 Å². The van der Waals surface area contributed by atoms with E-state index in [9.17, 15) is 5.11 Å². The van der Waals surface area contributed by atoms with Crippen molar-refractivity contribution in [1.82, 2.24) is 19.4 Å². The second-order valence-electron chi connectivity index (χ2n) is 11.3. The van der Waals surface area contributed by atoms with Gasteiger partial charge in [-0.05, 0) is 79.3 Å². The van der Waals surface area contributed by atoms with Gasteiger partial charge in [0, 0.05) is 49.7 Å². The van der Waals surface area contributed by atoms with Crippen molar-refractivity contribution < 1.29 is 9.84 Å². The molecule has 0 aliphatic heterocycles. The molecule has 3 N–H and O–H groups in total. The molecule has 0 atom stereocenters. The molecule has 2 aromatic heterocycles. The first kappa shape index (κ1) is 28.7. The zero-order valence-electron chi connectivity index (χ0n) is 24.4. The summed E-state index contributed by atoms with van der Waals surface area (Å²) in [6.07, 6.45) is 12.3. The molecule has 41 heavy (non-hydrogen) atoms. The number of nitrogens with zero attached hydrogens (tertiary/aromatic N) is 4. The fourth-order valence-electron chi connectivity index (χ4n) is 5.98. The van der Waals surface area contributed by atoms with E-state index in [0.29, 0.717) is 11.6 Å². The maximum atomic E-state index is 10.4. The quantitative estimate of drug-likeness (QED) is 0.141. The fourth-order valence-corrected chi connectivity index (χ4v) is 5.98. The number of ether oxygens (including phenoxy) is 1. The molecule has 0 amide bonds. The van der Waals surface area contributed by atoms with Crippen LogP contribution in [0.25, 0.3) is 22.6 Å². The predicted molar refractivity (Wildman–Crippen MR) is 166 cm³/mol. The highest BCUT2D eigenvalue weighted by Crippen LogP contribution is 2.33. The van der Waals surface area contributed by atoms with Crippen LogP contribution in [-0.2, 0) is 19.6 Å². The number of methoxy groups -OCH3 is 1. The number of hydrogen-bond acceptors (Lipinski definition) is 6. The van der Waals surface area contributed by atoms with E-state index in [1.54, 1.807) is 13.2 Å². The molecule has 216 valence electrons. The highest BCUT2D eigenvalue weighted by Gasteiger charge is 2.24. The number of phenolic OH excluding ortho intramolecular Hbond substituents is 1. The van der Waals surface area contributed by atoms with Gasteiger partial charge >= 0.3 is 0 Å². The largest absolute Gasteiger partial charge is 0.506 e. The first-order valence-corrected chi connectivity index (χ1v) is 15.0. The average Bonchev–Trinajstić information content (AvgIpc) is 3.36. The molecule has 5 rings (SSSR count). The molecule has 0 spiro atoms. The summed E-state index contributed by atoms with van der Waals surface area (Å²) < 4.78 is 7.87. The van der Waals surface area contributed by atoms with E-state index in [0.717, 1.165) is 73.0 Å². The number of unbranched alkanes of at least 4 members (excludes halogenated alkanes) is 1. The summed E-state index contributed by atoms with van der Waals surface area (Å²) in [4.78, 5) is 12.1. The minimum absolute atomic E-state index is 0.145. The van der Waals surface area contributed by atoms with Crippen LogP contribution in [0.2, 0.25) is 0 Å². The number of pyridine rings is 1. The van der Waals surface area contributed by atoms with Gasteiger partial charge in [-0.3, -0.25) is 9.88 Å². The SMILES string of the molecule is CCCCn1c(-c2ccncc2)nc(-c2ccc(OC)cc2)c1CN(Cc1ccc(N)c(O)c1)CC1CCCCC1. The van der Waals surface area contributed by atoms with E-state index in [1.807, 2.05) is 48.8 Å². The van der Waals surface area contributed by atoms with Gasteiger partial charge in [0.1, 0.15) is 17.3 Å². The van der Waals surface area contributed by atoms with Gasteiger partial charge in [0.25, 0.3) is 0 Å².